The van der Waals surface area contributed by atoms with Gasteiger partial charge < -0.3 is 9.47 Å². The van der Waals surface area contributed by atoms with Crippen molar-refractivity contribution in [1.82, 2.24) is 0 Å². The molecule has 0 saturated heterocycles. The average molecular weight is 319 g/mol. The summed E-state index contributed by atoms with van der Waals surface area (Å²) in [6.07, 6.45) is 0.905. The number of benzene rings is 1. The molecule has 1 aromatic rings. The number of carbonyl (C=O) groups excluding carboxylic acids is 1. The molecule has 0 aromatic heterocycles. The van der Waals surface area contributed by atoms with E-state index in [1.54, 1.807) is 13.8 Å². The molecular formula is C13H15ClO5S. The Morgan fingerprint density at radius 3 is 2.30 bits per heavy atom. The van der Waals surface area contributed by atoms with Gasteiger partial charge >= 0.3 is 5.97 Å². The highest BCUT2D eigenvalue weighted by Gasteiger charge is 2.29. The van der Waals surface area contributed by atoms with Gasteiger partial charge in [0, 0.05) is 5.02 Å². The van der Waals surface area contributed by atoms with Crippen molar-refractivity contribution in [3.63, 3.8) is 0 Å². The third-order valence-corrected chi connectivity index (χ3v) is 4.23. The van der Waals surface area contributed by atoms with E-state index in [1.807, 2.05) is 0 Å². The predicted molar refractivity (Wildman–Crippen MR) is 75.0 cm³/mol. The minimum absolute atomic E-state index is 0.0547. The fourth-order valence-corrected chi connectivity index (χ4v) is 2.67. The maximum absolute atomic E-state index is 12.4. The van der Waals surface area contributed by atoms with Crippen molar-refractivity contribution >= 4 is 27.4 Å². The van der Waals surface area contributed by atoms with Crippen LogP contribution < -0.4 is 0 Å². The fourth-order valence-electron chi connectivity index (χ4n) is 1.32. The Morgan fingerprint density at radius 1 is 1.20 bits per heavy atom. The fraction of sp³-hybridized carbons (Fsp3) is 0.308. The van der Waals surface area contributed by atoms with E-state index in [4.69, 9.17) is 21.1 Å². The Balaban J connectivity index is 3.24. The maximum atomic E-state index is 12.4. The monoisotopic (exact) mass is 318 g/mol. The molecule has 1 rings (SSSR count). The molecule has 0 N–H and O–H groups in total. The normalized spacial score (nSPS) is 12.1. The van der Waals surface area contributed by atoms with E-state index in [2.05, 4.69) is 0 Å². The van der Waals surface area contributed by atoms with Crippen LogP contribution in [-0.2, 0) is 24.1 Å². The minimum atomic E-state index is -4.01. The van der Waals surface area contributed by atoms with Crippen molar-refractivity contribution in [3.05, 3.63) is 40.5 Å². The molecule has 0 unspecified atom stereocenters. The lowest BCUT2D eigenvalue weighted by Crippen LogP contribution is -2.17. The van der Waals surface area contributed by atoms with Gasteiger partial charge in [0.1, 0.15) is 6.26 Å². The molecule has 0 radical (unpaired) electrons. The molecule has 5 nitrogen and oxygen atoms in total. The summed E-state index contributed by atoms with van der Waals surface area (Å²) in [5.74, 6) is -0.948. The highest BCUT2D eigenvalue weighted by atomic mass is 35.5. The molecule has 0 atom stereocenters. The van der Waals surface area contributed by atoms with Crippen LogP contribution in [0.1, 0.15) is 13.8 Å². The highest BCUT2D eigenvalue weighted by molar-refractivity contribution is 7.96. The summed E-state index contributed by atoms with van der Waals surface area (Å²) in [4.78, 5) is 11.2. The zero-order chi connectivity index (χ0) is 15.2. The lowest BCUT2D eigenvalue weighted by atomic mass is 10.4. The van der Waals surface area contributed by atoms with E-state index in [0.29, 0.717) is 5.02 Å². The van der Waals surface area contributed by atoms with E-state index in [0.717, 1.165) is 6.26 Å². The van der Waals surface area contributed by atoms with Gasteiger partial charge in [0.05, 0.1) is 18.1 Å². The van der Waals surface area contributed by atoms with Crippen LogP contribution in [0.3, 0.4) is 0 Å². The van der Waals surface area contributed by atoms with Crippen LogP contribution >= 0.6 is 11.6 Å². The number of hydrogen-bond acceptors (Lipinski definition) is 5. The minimum Gasteiger partial charge on any atom is -0.500 e. The smallest absolute Gasteiger partial charge is 0.353 e. The molecule has 0 spiro atoms. The van der Waals surface area contributed by atoms with Crippen LogP contribution in [-0.4, -0.2) is 27.6 Å². The average Bonchev–Trinajstić information content (AvgIpc) is 2.39. The summed E-state index contributed by atoms with van der Waals surface area (Å²) >= 11 is 5.71. The van der Waals surface area contributed by atoms with Gasteiger partial charge in [-0.2, -0.15) is 0 Å². The van der Waals surface area contributed by atoms with Gasteiger partial charge in [-0.25, -0.2) is 13.2 Å². The quantitative estimate of drug-likeness (QED) is 0.458. The molecule has 0 aliphatic carbocycles. The third-order valence-electron chi connectivity index (χ3n) is 2.25. The van der Waals surface area contributed by atoms with Crippen LogP contribution in [0.5, 0.6) is 0 Å². The number of esters is 1. The summed E-state index contributed by atoms with van der Waals surface area (Å²) in [5.41, 5.74) is 0. The van der Waals surface area contributed by atoms with Crippen LogP contribution in [0.25, 0.3) is 0 Å². The van der Waals surface area contributed by atoms with Crippen molar-refractivity contribution in [1.29, 1.82) is 0 Å². The van der Waals surface area contributed by atoms with Crippen LogP contribution in [0, 0.1) is 0 Å². The zero-order valence-corrected chi connectivity index (χ0v) is 12.7. The van der Waals surface area contributed by atoms with Crippen molar-refractivity contribution < 1.29 is 22.7 Å². The second kappa shape index (κ2) is 7.31. The van der Waals surface area contributed by atoms with Crippen molar-refractivity contribution in [2.24, 2.45) is 0 Å². The molecule has 110 valence electrons. The molecule has 0 aliphatic heterocycles. The van der Waals surface area contributed by atoms with Crippen molar-refractivity contribution in [2.45, 2.75) is 18.7 Å². The van der Waals surface area contributed by atoms with Crippen LogP contribution in [0.2, 0.25) is 5.02 Å². The van der Waals surface area contributed by atoms with Gasteiger partial charge in [-0.1, -0.05) is 11.6 Å². The number of carbonyl (C=O) groups is 1. The first-order chi connectivity index (χ1) is 9.43. The first-order valence-electron chi connectivity index (χ1n) is 5.93. The lowest BCUT2D eigenvalue weighted by molar-refractivity contribution is -0.137. The number of rotatable bonds is 6. The van der Waals surface area contributed by atoms with E-state index in [9.17, 15) is 13.2 Å². The SMILES string of the molecule is CCOC=C(C(=O)OCC)S(=O)(=O)c1ccc(Cl)cc1. The standard InChI is InChI=1S/C13H15ClO5S/c1-3-18-9-12(13(15)19-4-2)20(16,17)11-7-5-10(14)6-8-11/h5-9H,3-4H2,1-2H3. The summed E-state index contributed by atoms with van der Waals surface area (Å²) in [7, 11) is -4.01. The molecule has 20 heavy (non-hydrogen) atoms. The zero-order valence-electron chi connectivity index (χ0n) is 11.1. The molecule has 0 amide bonds. The Morgan fingerprint density at radius 2 is 1.80 bits per heavy atom. The Bertz CT molecular complexity index is 590. The number of hydrogen-bond donors (Lipinski definition) is 0. The van der Waals surface area contributed by atoms with Crippen molar-refractivity contribution in [2.75, 3.05) is 13.2 Å². The topological polar surface area (TPSA) is 69.7 Å². The Kier molecular flexibility index (Phi) is 6.04. The largest absolute Gasteiger partial charge is 0.500 e. The van der Waals surface area contributed by atoms with E-state index >= 15 is 0 Å². The van der Waals surface area contributed by atoms with E-state index in [1.165, 1.54) is 24.3 Å². The lowest BCUT2D eigenvalue weighted by Gasteiger charge is -2.08. The first kappa shape index (κ1) is 16.5. The molecule has 0 fully saturated rings. The molecular weight excluding hydrogens is 304 g/mol. The second-order valence-electron chi connectivity index (χ2n) is 3.62. The van der Waals surface area contributed by atoms with Crippen molar-refractivity contribution in [3.8, 4) is 0 Å². The van der Waals surface area contributed by atoms with Gasteiger partial charge in [0.2, 0.25) is 9.84 Å². The summed E-state index contributed by atoms with van der Waals surface area (Å²) in [5, 5.41) is 0.399. The predicted octanol–water partition coefficient (Wildman–Crippen LogP) is 2.55. The van der Waals surface area contributed by atoms with Gasteiger partial charge in [0.15, 0.2) is 4.91 Å². The Hall–Kier alpha value is -1.53. The maximum Gasteiger partial charge on any atom is 0.353 e. The second-order valence-corrected chi connectivity index (χ2v) is 5.97. The molecule has 0 aliphatic rings. The van der Waals surface area contributed by atoms with Crippen LogP contribution in [0.4, 0.5) is 0 Å². The van der Waals surface area contributed by atoms with Gasteiger partial charge in [-0.3, -0.25) is 0 Å². The molecule has 0 saturated carbocycles. The van der Waals surface area contributed by atoms with E-state index in [-0.39, 0.29) is 18.1 Å². The molecule has 7 heteroatoms. The number of halogens is 1. The van der Waals surface area contributed by atoms with Gasteiger partial charge in [0.25, 0.3) is 0 Å². The number of ether oxygens (including phenoxy) is 2. The summed E-state index contributed by atoms with van der Waals surface area (Å²) in [6.45, 7) is 3.57. The molecule has 0 bridgehead atoms. The van der Waals surface area contributed by atoms with Gasteiger partial charge in [-0.05, 0) is 38.1 Å². The summed E-state index contributed by atoms with van der Waals surface area (Å²) < 4.78 is 34.4. The summed E-state index contributed by atoms with van der Waals surface area (Å²) in [6, 6.07) is 5.49. The molecule has 1 aromatic carbocycles. The van der Waals surface area contributed by atoms with E-state index < -0.39 is 20.7 Å². The van der Waals surface area contributed by atoms with Crippen LogP contribution in [0.15, 0.2) is 40.3 Å². The third kappa shape index (κ3) is 3.98. The highest BCUT2D eigenvalue weighted by Crippen LogP contribution is 2.22. The molecule has 0 heterocycles. The Labute approximate surface area is 123 Å². The first-order valence-corrected chi connectivity index (χ1v) is 7.79. The van der Waals surface area contributed by atoms with Gasteiger partial charge in [-0.15, -0.1) is 0 Å². The number of sulfone groups is 1.